The van der Waals surface area contributed by atoms with Gasteiger partial charge in [0.05, 0.1) is 12.3 Å². The highest BCUT2D eigenvalue weighted by molar-refractivity contribution is 5.26. The molecule has 2 atom stereocenters. The number of aromatic nitrogens is 2. The van der Waals surface area contributed by atoms with Crippen LogP contribution in [0.2, 0.25) is 0 Å². The van der Waals surface area contributed by atoms with Gasteiger partial charge in [-0.15, -0.1) is 0 Å². The predicted octanol–water partition coefficient (Wildman–Crippen LogP) is 2.18. The molecule has 3 heterocycles. The van der Waals surface area contributed by atoms with E-state index in [1.165, 1.54) is 5.56 Å². The lowest BCUT2D eigenvalue weighted by Crippen LogP contribution is -2.60. The number of likely N-dealkylation sites (tertiary alicyclic amines) is 1. The molecule has 0 radical (unpaired) electrons. The summed E-state index contributed by atoms with van der Waals surface area (Å²) in [6.45, 7) is 6.16. The molecule has 2 fully saturated rings. The van der Waals surface area contributed by atoms with Crippen molar-refractivity contribution in [1.29, 1.82) is 0 Å². The van der Waals surface area contributed by atoms with Crippen LogP contribution in [0.25, 0.3) is 0 Å². The number of hydrogen-bond donors (Lipinski definition) is 1. The van der Waals surface area contributed by atoms with E-state index in [0.717, 1.165) is 31.7 Å². The second-order valence-corrected chi connectivity index (χ2v) is 7.04. The summed E-state index contributed by atoms with van der Waals surface area (Å²) in [5.41, 5.74) is 1.51. The maximum Gasteiger partial charge on any atom is 0.115 e. The van der Waals surface area contributed by atoms with Crippen LogP contribution in [-0.4, -0.2) is 46.0 Å². The van der Waals surface area contributed by atoms with Crippen LogP contribution < -0.4 is 0 Å². The molecule has 0 aliphatic carbocycles. The maximum atomic E-state index is 10.8. The van der Waals surface area contributed by atoms with Crippen molar-refractivity contribution in [3.8, 4) is 0 Å². The van der Waals surface area contributed by atoms with E-state index in [1.807, 2.05) is 41.2 Å². The van der Waals surface area contributed by atoms with Crippen molar-refractivity contribution in [3.05, 3.63) is 53.9 Å². The molecule has 1 aromatic carbocycles. The smallest absolute Gasteiger partial charge is 0.115 e. The van der Waals surface area contributed by atoms with Crippen LogP contribution in [0.3, 0.4) is 0 Å². The van der Waals surface area contributed by atoms with Crippen LogP contribution in [0, 0.1) is 5.92 Å². The zero-order chi connectivity index (χ0) is 16.6. The summed E-state index contributed by atoms with van der Waals surface area (Å²) >= 11 is 0. The van der Waals surface area contributed by atoms with Gasteiger partial charge in [-0.1, -0.05) is 30.3 Å². The Hall–Kier alpha value is -1.69. The third-order valence-corrected chi connectivity index (χ3v) is 5.29. The molecule has 2 aliphatic rings. The molecular weight excluding hydrogens is 302 g/mol. The molecule has 0 spiro atoms. The summed E-state index contributed by atoms with van der Waals surface area (Å²) < 4.78 is 7.92. The lowest BCUT2D eigenvalue weighted by molar-refractivity contribution is -0.111. The van der Waals surface area contributed by atoms with Crippen molar-refractivity contribution in [3.63, 3.8) is 0 Å². The van der Waals surface area contributed by atoms with Gasteiger partial charge in [-0.3, -0.25) is 9.58 Å². The number of rotatable bonds is 5. The van der Waals surface area contributed by atoms with E-state index in [0.29, 0.717) is 19.0 Å². The number of aliphatic hydroxyl groups is 1. The minimum atomic E-state index is -0.691. The first kappa shape index (κ1) is 15.8. The van der Waals surface area contributed by atoms with Crippen LogP contribution in [-0.2, 0) is 16.9 Å². The van der Waals surface area contributed by atoms with Crippen LogP contribution >= 0.6 is 0 Å². The molecule has 0 amide bonds. The summed E-state index contributed by atoms with van der Waals surface area (Å²) in [6.07, 6.45) is 5.24. The molecule has 0 bridgehead atoms. The number of β-amino-alcohol motifs (C(OH)–C–C–N with tert-alkyl or cyclic N) is 1. The van der Waals surface area contributed by atoms with Crippen molar-refractivity contribution in [1.82, 2.24) is 14.7 Å². The zero-order valence-corrected chi connectivity index (χ0v) is 14.1. The Balaban J connectivity index is 1.38. The van der Waals surface area contributed by atoms with E-state index in [9.17, 15) is 5.11 Å². The number of aryl methyl sites for hydroxylation is 1. The fourth-order valence-corrected chi connectivity index (χ4v) is 3.97. The number of benzene rings is 1. The molecule has 2 saturated heterocycles. The molecule has 5 nitrogen and oxygen atoms in total. The standard InChI is InChI=1S/C19H25N3O2/c1-2-22-12-16(10-20-22)18-15(8-9-24-18)11-21-13-19(23,14-21)17-6-4-3-5-7-17/h3-7,10,12,15,18,23H,2,8-9,11,13-14H2,1H3/t15-,18+/m1/s1. The number of ether oxygens (including phenoxy) is 1. The molecule has 2 aromatic rings. The van der Waals surface area contributed by atoms with E-state index in [-0.39, 0.29) is 6.10 Å². The molecule has 5 heteroatoms. The molecule has 2 aliphatic heterocycles. The van der Waals surface area contributed by atoms with Gasteiger partial charge in [-0.2, -0.15) is 5.10 Å². The Morgan fingerprint density at radius 2 is 2.08 bits per heavy atom. The highest BCUT2D eigenvalue weighted by Crippen LogP contribution is 2.38. The average Bonchev–Trinajstić information content (AvgIpc) is 3.22. The van der Waals surface area contributed by atoms with Gasteiger partial charge in [0.25, 0.3) is 0 Å². The Bertz CT molecular complexity index is 679. The summed E-state index contributed by atoms with van der Waals surface area (Å²) in [6, 6.07) is 9.99. The normalized spacial score (nSPS) is 26.4. The van der Waals surface area contributed by atoms with Crippen LogP contribution in [0.15, 0.2) is 42.7 Å². The lowest BCUT2D eigenvalue weighted by Gasteiger charge is -2.48. The molecule has 1 aromatic heterocycles. The summed E-state index contributed by atoms with van der Waals surface area (Å²) in [7, 11) is 0. The van der Waals surface area contributed by atoms with E-state index in [4.69, 9.17) is 4.74 Å². The molecule has 4 rings (SSSR count). The van der Waals surface area contributed by atoms with Gasteiger partial charge in [-0.25, -0.2) is 0 Å². The summed E-state index contributed by atoms with van der Waals surface area (Å²) in [5.74, 6) is 0.472. The maximum absolute atomic E-state index is 10.8. The zero-order valence-electron chi connectivity index (χ0n) is 14.1. The second-order valence-electron chi connectivity index (χ2n) is 7.04. The third-order valence-electron chi connectivity index (χ3n) is 5.29. The van der Waals surface area contributed by atoms with Crippen molar-refractivity contribution < 1.29 is 9.84 Å². The molecule has 128 valence electrons. The monoisotopic (exact) mass is 327 g/mol. The van der Waals surface area contributed by atoms with Crippen molar-refractivity contribution in [2.45, 2.75) is 31.6 Å². The second kappa shape index (κ2) is 6.31. The first-order valence-electron chi connectivity index (χ1n) is 8.82. The van der Waals surface area contributed by atoms with Gasteiger partial charge in [0.1, 0.15) is 5.60 Å². The van der Waals surface area contributed by atoms with E-state index in [2.05, 4.69) is 23.1 Å². The third kappa shape index (κ3) is 2.88. The van der Waals surface area contributed by atoms with Gasteiger partial charge in [-0.05, 0) is 18.9 Å². The average molecular weight is 327 g/mol. The predicted molar refractivity (Wildman–Crippen MR) is 91.5 cm³/mol. The Labute approximate surface area is 142 Å². The van der Waals surface area contributed by atoms with Gasteiger partial charge >= 0.3 is 0 Å². The minimum absolute atomic E-state index is 0.135. The SMILES string of the molecule is CCn1cc([C@H]2OCC[C@@H]2CN2CC(O)(c3ccccc3)C2)cn1. The Morgan fingerprint density at radius 1 is 1.29 bits per heavy atom. The lowest BCUT2D eigenvalue weighted by atomic mass is 9.84. The van der Waals surface area contributed by atoms with Gasteiger partial charge in [0.2, 0.25) is 0 Å². The Morgan fingerprint density at radius 3 is 2.79 bits per heavy atom. The first-order chi connectivity index (χ1) is 11.7. The highest BCUT2D eigenvalue weighted by Gasteiger charge is 2.44. The fraction of sp³-hybridized carbons (Fsp3) is 0.526. The molecule has 24 heavy (non-hydrogen) atoms. The summed E-state index contributed by atoms with van der Waals surface area (Å²) in [4.78, 5) is 2.34. The van der Waals surface area contributed by atoms with Crippen molar-refractivity contribution in [2.75, 3.05) is 26.2 Å². The van der Waals surface area contributed by atoms with Gasteiger partial charge in [0, 0.05) is 50.5 Å². The number of nitrogens with zero attached hydrogens (tertiary/aromatic N) is 3. The van der Waals surface area contributed by atoms with Crippen molar-refractivity contribution in [2.24, 2.45) is 5.92 Å². The quantitative estimate of drug-likeness (QED) is 0.914. The molecular formula is C19H25N3O2. The highest BCUT2D eigenvalue weighted by atomic mass is 16.5. The van der Waals surface area contributed by atoms with Gasteiger partial charge in [0.15, 0.2) is 0 Å². The van der Waals surface area contributed by atoms with E-state index < -0.39 is 5.60 Å². The molecule has 1 N–H and O–H groups in total. The van der Waals surface area contributed by atoms with E-state index >= 15 is 0 Å². The number of hydrogen-bond acceptors (Lipinski definition) is 4. The molecule has 0 unspecified atom stereocenters. The Kier molecular flexibility index (Phi) is 4.16. The topological polar surface area (TPSA) is 50.5 Å². The summed E-state index contributed by atoms with van der Waals surface area (Å²) in [5, 5.41) is 15.1. The van der Waals surface area contributed by atoms with E-state index in [1.54, 1.807) is 0 Å². The van der Waals surface area contributed by atoms with Crippen molar-refractivity contribution >= 4 is 0 Å². The first-order valence-corrected chi connectivity index (χ1v) is 8.82. The van der Waals surface area contributed by atoms with Crippen LogP contribution in [0.4, 0.5) is 0 Å². The largest absolute Gasteiger partial charge is 0.382 e. The molecule has 0 saturated carbocycles. The van der Waals surface area contributed by atoms with Gasteiger partial charge < -0.3 is 9.84 Å². The van der Waals surface area contributed by atoms with Crippen LogP contribution in [0.1, 0.15) is 30.6 Å². The minimum Gasteiger partial charge on any atom is -0.382 e. The fourth-order valence-electron chi connectivity index (χ4n) is 3.97. The van der Waals surface area contributed by atoms with Crippen LogP contribution in [0.5, 0.6) is 0 Å².